The van der Waals surface area contributed by atoms with Crippen LogP contribution in [0.15, 0.2) is 0 Å². The molecule has 1 rings (SSSR count). The fourth-order valence-electron chi connectivity index (χ4n) is 1.99. The van der Waals surface area contributed by atoms with Gasteiger partial charge in [-0.25, -0.2) is 0 Å². The van der Waals surface area contributed by atoms with Crippen molar-refractivity contribution >= 4 is 0 Å². The van der Waals surface area contributed by atoms with E-state index in [0.29, 0.717) is 12.1 Å². The Morgan fingerprint density at radius 3 is 2.58 bits per heavy atom. The van der Waals surface area contributed by atoms with Crippen molar-refractivity contribution in [3.63, 3.8) is 0 Å². The zero-order valence-corrected chi connectivity index (χ0v) is 8.41. The van der Waals surface area contributed by atoms with Gasteiger partial charge in [0.05, 0.1) is 18.2 Å². The summed E-state index contributed by atoms with van der Waals surface area (Å²) in [6, 6.07) is 0.417. The van der Waals surface area contributed by atoms with Gasteiger partial charge in [-0.1, -0.05) is 0 Å². The van der Waals surface area contributed by atoms with Crippen molar-refractivity contribution in [1.82, 2.24) is 4.90 Å². The minimum absolute atomic E-state index is 0.252. The highest BCUT2D eigenvalue weighted by Crippen LogP contribution is 2.22. The SMILES string of the molecule is CO[C@@H](C)[C@@H]1[C@@H](OC)CCN1C. The Hall–Kier alpha value is -0.120. The fraction of sp³-hybridized carbons (Fsp3) is 1.00. The molecule has 0 spiro atoms. The monoisotopic (exact) mass is 173 g/mol. The maximum atomic E-state index is 5.40. The predicted octanol–water partition coefficient (Wildman–Crippen LogP) is 0.740. The Morgan fingerprint density at radius 2 is 2.08 bits per heavy atom. The molecule has 0 saturated carbocycles. The number of nitrogens with zero attached hydrogens (tertiary/aromatic N) is 1. The van der Waals surface area contributed by atoms with Crippen molar-refractivity contribution in [1.29, 1.82) is 0 Å². The molecule has 1 heterocycles. The molecule has 0 bridgehead atoms. The molecule has 1 aliphatic rings. The van der Waals surface area contributed by atoms with Gasteiger partial charge < -0.3 is 9.47 Å². The summed E-state index contributed by atoms with van der Waals surface area (Å²) in [4.78, 5) is 2.31. The highest BCUT2D eigenvalue weighted by molar-refractivity contribution is 4.89. The number of likely N-dealkylation sites (tertiary alicyclic amines) is 1. The molecule has 0 amide bonds. The molecular formula is C9H19NO2. The summed E-state index contributed by atoms with van der Waals surface area (Å²) in [5, 5.41) is 0. The van der Waals surface area contributed by atoms with Crippen molar-refractivity contribution < 1.29 is 9.47 Å². The van der Waals surface area contributed by atoms with Crippen LogP contribution in [0, 0.1) is 0 Å². The molecule has 3 heteroatoms. The summed E-state index contributed by atoms with van der Waals surface area (Å²) >= 11 is 0. The van der Waals surface area contributed by atoms with Gasteiger partial charge in [0.25, 0.3) is 0 Å². The molecular weight excluding hydrogens is 154 g/mol. The van der Waals surface area contributed by atoms with Crippen molar-refractivity contribution in [2.75, 3.05) is 27.8 Å². The molecule has 1 fully saturated rings. The third-order valence-electron chi connectivity index (χ3n) is 2.81. The first-order valence-electron chi connectivity index (χ1n) is 4.46. The average molecular weight is 173 g/mol. The van der Waals surface area contributed by atoms with Crippen LogP contribution in [-0.4, -0.2) is 51.0 Å². The van der Waals surface area contributed by atoms with Gasteiger partial charge in [-0.15, -0.1) is 0 Å². The predicted molar refractivity (Wildman–Crippen MR) is 48.3 cm³/mol. The lowest BCUT2D eigenvalue weighted by Crippen LogP contribution is -2.42. The van der Waals surface area contributed by atoms with Crippen molar-refractivity contribution in [3.8, 4) is 0 Å². The second kappa shape index (κ2) is 4.21. The lowest BCUT2D eigenvalue weighted by molar-refractivity contribution is -0.0115. The van der Waals surface area contributed by atoms with Crippen molar-refractivity contribution in [2.45, 2.75) is 31.6 Å². The van der Waals surface area contributed by atoms with Crippen LogP contribution in [0.2, 0.25) is 0 Å². The normalized spacial score (nSPS) is 34.0. The van der Waals surface area contributed by atoms with Gasteiger partial charge in [0.2, 0.25) is 0 Å². The Balaban J connectivity index is 2.56. The molecule has 12 heavy (non-hydrogen) atoms. The molecule has 0 N–H and O–H groups in total. The number of hydrogen-bond donors (Lipinski definition) is 0. The first-order chi connectivity index (χ1) is 5.70. The van der Waals surface area contributed by atoms with Gasteiger partial charge in [0, 0.05) is 20.8 Å². The molecule has 72 valence electrons. The van der Waals surface area contributed by atoms with Crippen LogP contribution in [0.1, 0.15) is 13.3 Å². The van der Waals surface area contributed by atoms with E-state index in [1.165, 1.54) is 0 Å². The van der Waals surface area contributed by atoms with Gasteiger partial charge in [-0.05, 0) is 20.4 Å². The molecule has 0 aliphatic carbocycles. The van der Waals surface area contributed by atoms with Crippen LogP contribution in [-0.2, 0) is 9.47 Å². The standard InChI is InChI=1S/C9H19NO2/c1-7(11-3)9-8(12-4)5-6-10(9)2/h7-9H,5-6H2,1-4H3/t7-,8-,9+/m0/s1. The zero-order valence-electron chi connectivity index (χ0n) is 8.41. The summed E-state index contributed by atoms with van der Waals surface area (Å²) < 4.78 is 10.7. The molecule has 1 saturated heterocycles. The van der Waals surface area contributed by atoms with Crippen LogP contribution in [0.5, 0.6) is 0 Å². The van der Waals surface area contributed by atoms with Crippen LogP contribution in [0.4, 0.5) is 0 Å². The third-order valence-corrected chi connectivity index (χ3v) is 2.81. The number of rotatable bonds is 3. The van der Waals surface area contributed by atoms with E-state index in [9.17, 15) is 0 Å². The highest BCUT2D eigenvalue weighted by Gasteiger charge is 2.35. The van der Waals surface area contributed by atoms with Crippen molar-refractivity contribution in [2.24, 2.45) is 0 Å². The number of likely N-dealkylation sites (N-methyl/N-ethyl adjacent to an activating group) is 1. The van der Waals surface area contributed by atoms with Gasteiger partial charge in [-0.3, -0.25) is 4.90 Å². The summed E-state index contributed by atoms with van der Waals surface area (Å²) in [5.41, 5.74) is 0. The highest BCUT2D eigenvalue weighted by atomic mass is 16.5. The quantitative estimate of drug-likeness (QED) is 0.628. The number of hydrogen-bond acceptors (Lipinski definition) is 3. The molecule has 0 radical (unpaired) electrons. The second-order valence-electron chi connectivity index (χ2n) is 3.47. The Bertz CT molecular complexity index is 140. The van der Waals surface area contributed by atoms with E-state index >= 15 is 0 Å². The summed E-state index contributed by atoms with van der Waals surface area (Å²) in [5.74, 6) is 0. The van der Waals surface area contributed by atoms with E-state index in [4.69, 9.17) is 9.47 Å². The Labute approximate surface area is 74.6 Å². The van der Waals surface area contributed by atoms with Gasteiger partial charge in [-0.2, -0.15) is 0 Å². The third kappa shape index (κ3) is 1.79. The Morgan fingerprint density at radius 1 is 1.42 bits per heavy atom. The minimum atomic E-state index is 0.252. The minimum Gasteiger partial charge on any atom is -0.380 e. The van der Waals surface area contributed by atoms with Crippen LogP contribution >= 0.6 is 0 Å². The molecule has 0 aromatic heterocycles. The second-order valence-corrected chi connectivity index (χ2v) is 3.47. The average Bonchev–Trinajstić information content (AvgIpc) is 2.45. The molecule has 3 atom stereocenters. The number of ether oxygens (including phenoxy) is 2. The zero-order chi connectivity index (χ0) is 9.14. The molecule has 0 aromatic rings. The van der Waals surface area contributed by atoms with Gasteiger partial charge in [0.1, 0.15) is 0 Å². The first-order valence-corrected chi connectivity index (χ1v) is 4.46. The fourth-order valence-corrected chi connectivity index (χ4v) is 1.99. The van der Waals surface area contributed by atoms with E-state index < -0.39 is 0 Å². The Kier molecular flexibility index (Phi) is 3.50. The van der Waals surface area contributed by atoms with E-state index in [0.717, 1.165) is 13.0 Å². The maximum absolute atomic E-state index is 5.40. The van der Waals surface area contributed by atoms with Gasteiger partial charge in [0.15, 0.2) is 0 Å². The topological polar surface area (TPSA) is 21.7 Å². The maximum Gasteiger partial charge on any atom is 0.0763 e. The van der Waals surface area contributed by atoms with Crippen LogP contribution in [0.3, 0.4) is 0 Å². The smallest absolute Gasteiger partial charge is 0.0763 e. The largest absolute Gasteiger partial charge is 0.380 e. The van der Waals surface area contributed by atoms with Gasteiger partial charge >= 0.3 is 0 Å². The van der Waals surface area contributed by atoms with Crippen LogP contribution in [0.25, 0.3) is 0 Å². The van der Waals surface area contributed by atoms with Crippen LogP contribution < -0.4 is 0 Å². The summed E-state index contributed by atoms with van der Waals surface area (Å²) in [6.45, 7) is 3.20. The molecule has 0 aromatic carbocycles. The molecule has 1 aliphatic heterocycles. The first kappa shape index (κ1) is 9.96. The van der Waals surface area contributed by atoms with E-state index in [2.05, 4.69) is 18.9 Å². The summed E-state index contributed by atoms with van der Waals surface area (Å²) in [7, 11) is 5.65. The molecule has 0 unspecified atom stereocenters. The lowest BCUT2D eigenvalue weighted by atomic mass is 10.1. The van der Waals surface area contributed by atoms with E-state index in [1.807, 2.05) is 0 Å². The summed E-state index contributed by atoms with van der Waals surface area (Å²) in [6.07, 6.45) is 1.71. The number of methoxy groups -OCH3 is 2. The van der Waals surface area contributed by atoms with E-state index in [-0.39, 0.29) is 6.10 Å². The van der Waals surface area contributed by atoms with Crippen molar-refractivity contribution in [3.05, 3.63) is 0 Å². The lowest BCUT2D eigenvalue weighted by Gasteiger charge is -2.28. The molecule has 3 nitrogen and oxygen atoms in total. The van der Waals surface area contributed by atoms with E-state index in [1.54, 1.807) is 14.2 Å².